The van der Waals surface area contributed by atoms with Gasteiger partial charge >= 0.3 is 0 Å². The smallest absolute Gasteiger partial charge is 0.271 e. The molecular formula is C11H9BrFN3O2. The molecule has 1 heterocycles. The fourth-order valence-corrected chi connectivity index (χ4v) is 1.77. The molecule has 0 saturated carbocycles. The summed E-state index contributed by atoms with van der Waals surface area (Å²) in [6.45, 7) is 0. The zero-order chi connectivity index (χ0) is 13.1. The highest BCUT2D eigenvalue weighted by atomic mass is 79.9. The van der Waals surface area contributed by atoms with Crippen LogP contribution < -0.4 is 10.7 Å². The largest absolute Gasteiger partial charge is 0.320 e. The Balaban J connectivity index is 2.12. The molecule has 1 aliphatic heterocycles. The summed E-state index contributed by atoms with van der Waals surface area (Å²) in [5.74, 6) is -1.13. The number of rotatable bonds is 2. The van der Waals surface area contributed by atoms with Crippen molar-refractivity contribution in [3.63, 3.8) is 0 Å². The minimum absolute atomic E-state index is 0.214. The van der Waals surface area contributed by atoms with Crippen molar-refractivity contribution in [1.82, 2.24) is 5.43 Å². The quantitative estimate of drug-likeness (QED) is 0.874. The monoisotopic (exact) mass is 313 g/mol. The first kappa shape index (κ1) is 12.7. The highest BCUT2D eigenvalue weighted by Gasteiger charge is 2.19. The average molecular weight is 314 g/mol. The molecular weight excluding hydrogens is 305 g/mol. The molecule has 0 saturated heterocycles. The van der Waals surface area contributed by atoms with Crippen molar-refractivity contribution in [2.45, 2.75) is 12.8 Å². The molecule has 2 amide bonds. The first-order chi connectivity index (χ1) is 8.56. The van der Waals surface area contributed by atoms with Gasteiger partial charge in [-0.15, -0.1) is 0 Å². The van der Waals surface area contributed by atoms with Crippen LogP contribution in [0, 0.1) is 5.82 Å². The number of hydrazone groups is 1. The molecule has 94 valence electrons. The van der Waals surface area contributed by atoms with Crippen LogP contribution in [-0.2, 0) is 9.59 Å². The van der Waals surface area contributed by atoms with Crippen molar-refractivity contribution in [2.24, 2.45) is 5.10 Å². The van der Waals surface area contributed by atoms with E-state index in [0.717, 1.165) is 0 Å². The van der Waals surface area contributed by atoms with Gasteiger partial charge in [-0.1, -0.05) is 0 Å². The third-order valence-electron chi connectivity index (χ3n) is 2.34. The van der Waals surface area contributed by atoms with Crippen LogP contribution in [0.2, 0.25) is 0 Å². The summed E-state index contributed by atoms with van der Waals surface area (Å²) in [4.78, 5) is 22.7. The van der Waals surface area contributed by atoms with Gasteiger partial charge in [0.15, 0.2) is 0 Å². The van der Waals surface area contributed by atoms with Crippen LogP contribution in [0.3, 0.4) is 0 Å². The Hall–Kier alpha value is -1.76. The number of hydrogen-bond donors (Lipinski definition) is 2. The Bertz CT molecular complexity index is 545. The van der Waals surface area contributed by atoms with E-state index in [0.29, 0.717) is 10.2 Å². The van der Waals surface area contributed by atoms with Crippen molar-refractivity contribution in [2.75, 3.05) is 5.32 Å². The summed E-state index contributed by atoms with van der Waals surface area (Å²) in [6.07, 6.45) is 0.487. The Morgan fingerprint density at radius 3 is 2.89 bits per heavy atom. The van der Waals surface area contributed by atoms with Crippen LogP contribution in [0.25, 0.3) is 0 Å². The SMILES string of the molecule is O=C1CCC(C(=O)Nc2cc(F)ccc2Br)=NN1. The zero-order valence-electron chi connectivity index (χ0n) is 9.17. The molecule has 2 N–H and O–H groups in total. The summed E-state index contributed by atoms with van der Waals surface area (Å²) in [5.41, 5.74) is 2.76. The number of amides is 2. The fraction of sp³-hybridized carbons (Fsp3) is 0.182. The third kappa shape index (κ3) is 2.92. The number of carbonyl (C=O) groups excluding carboxylic acids is 2. The minimum atomic E-state index is -0.457. The average Bonchev–Trinajstić information content (AvgIpc) is 2.34. The molecule has 18 heavy (non-hydrogen) atoms. The number of nitrogens with one attached hydrogen (secondary N) is 2. The van der Waals surface area contributed by atoms with E-state index in [4.69, 9.17) is 0 Å². The van der Waals surface area contributed by atoms with E-state index >= 15 is 0 Å². The molecule has 0 radical (unpaired) electrons. The Kier molecular flexibility index (Phi) is 3.71. The van der Waals surface area contributed by atoms with Crippen molar-refractivity contribution in [3.05, 3.63) is 28.5 Å². The maximum atomic E-state index is 13.0. The lowest BCUT2D eigenvalue weighted by Gasteiger charge is -2.12. The highest BCUT2D eigenvalue weighted by molar-refractivity contribution is 9.10. The predicted octanol–water partition coefficient (Wildman–Crippen LogP) is 1.79. The van der Waals surface area contributed by atoms with Gasteiger partial charge in [0.05, 0.1) is 5.69 Å². The van der Waals surface area contributed by atoms with E-state index in [9.17, 15) is 14.0 Å². The molecule has 0 fully saturated rings. The molecule has 0 aromatic heterocycles. The van der Waals surface area contributed by atoms with Crippen LogP contribution in [-0.4, -0.2) is 17.5 Å². The minimum Gasteiger partial charge on any atom is -0.320 e. The molecule has 0 atom stereocenters. The number of anilines is 1. The number of hydrogen-bond acceptors (Lipinski definition) is 3. The molecule has 0 bridgehead atoms. The Morgan fingerprint density at radius 2 is 2.22 bits per heavy atom. The number of nitrogens with zero attached hydrogens (tertiary/aromatic N) is 1. The summed E-state index contributed by atoms with van der Waals surface area (Å²) in [5, 5.41) is 6.18. The molecule has 0 aliphatic carbocycles. The summed E-state index contributed by atoms with van der Waals surface area (Å²) in [6, 6.07) is 3.97. The van der Waals surface area contributed by atoms with Gasteiger partial charge in [0, 0.05) is 17.3 Å². The highest BCUT2D eigenvalue weighted by Crippen LogP contribution is 2.23. The van der Waals surface area contributed by atoms with Crippen LogP contribution in [0.4, 0.5) is 10.1 Å². The van der Waals surface area contributed by atoms with Crippen LogP contribution in [0.1, 0.15) is 12.8 Å². The first-order valence-electron chi connectivity index (χ1n) is 5.18. The molecule has 1 aromatic carbocycles. The van der Waals surface area contributed by atoms with Crippen LogP contribution in [0.5, 0.6) is 0 Å². The predicted molar refractivity (Wildman–Crippen MR) is 67.5 cm³/mol. The van der Waals surface area contributed by atoms with E-state index in [-0.39, 0.29) is 24.5 Å². The van der Waals surface area contributed by atoms with Gasteiger partial charge in [-0.2, -0.15) is 5.10 Å². The fourth-order valence-electron chi connectivity index (χ4n) is 1.43. The van der Waals surface area contributed by atoms with Gasteiger partial charge in [0.25, 0.3) is 5.91 Å². The maximum Gasteiger partial charge on any atom is 0.271 e. The topological polar surface area (TPSA) is 70.6 Å². The molecule has 1 aliphatic rings. The first-order valence-corrected chi connectivity index (χ1v) is 5.97. The molecule has 0 spiro atoms. The van der Waals surface area contributed by atoms with E-state index in [1.54, 1.807) is 0 Å². The van der Waals surface area contributed by atoms with Gasteiger partial charge < -0.3 is 5.32 Å². The van der Waals surface area contributed by atoms with Crippen molar-refractivity contribution < 1.29 is 14.0 Å². The van der Waals surface area contributed by atoms with Gasteiger partial charge in [0.2, 0.25) is 5.91 Å². The molecule has 5 nitrogen and oxygen atoms in total. The Labute approximate surface area is 111 Å². The van der Waals surface area contributed by atoms with E-state index in [2.05, 4.69) is 31.8 Å². The second kappa shape index (κ2) is 5.26. The standard InChI is InChI=1S/C11H9BrFN3O2/c12-7-2-1-6(13)5-9(7)14-11(18)8-3-4-10(17)16-15-8/h1-2,5H,3-4H2,(H,14,18)(H,16,17). The van der Waals surface area contributed by atoms with E-state index < -0.39 is 11.7 Å². The van der Waals surface area contributed by atoms with Crippen LogP contribution >= 0.6 is 15.9 Å². The summed E-state index contributed by atoms with van der Waals surface area (Å²) in [7, 11) is 0. The number of halogens is 2. The van der Waals surface area contributed by atoms with Gasteiger partial charge in [-0.25, -0.2) is 9.82 Å². The van der Waals surface area contributed by atoms with Gasteiger partial charge in [0.1, 0.15) is 11.5 Å². The van der Waals surface area contributed by atoms with Crippen molar-refractivity contribution in [1.29, 1.82) is 0 Å². The molecule has 0 unspecified atom stereocenters. The van der Waals surface area contributed by atoms with Crippen LogP contribution in [0.15, 0.2) is 27.8 Å². The summed E-state index contributed by atoms with van der Waals surface area (Å²) < 4.78 is 13.6. The van der Waals surface area contributed by atoms with E-state index in [1.165, 1.54) is 18.2 Å². The molecule has 1 aromatic rings. The second-order valence-corrected chi connectivity index (χ2v) is 4.53. The number of carbonyl (C=O) groups is 2. The number of benzene rings is 1. The molecule has 2 rings (SSSR count). The maximum absolute atomic E-state index is 13.0. The lowest BCUT2D eigenvalue weighted by molar-refractivity contribution is -0.121. The Morgan fingerprint density at radius 1 is 1.44 bits per heavy atom. The van der Waals surface area contributed by atoms with Gasteiger partial charge in [-0.3, -0.25) is 9.59 Å². The molecule has 7 heteroatoms. The van der Waals surface area contributed by atoms with E-state index in [1.807, 2.05) is 0 Å². The lowest BCUT2D eigenvalue weighted by Crippen LogP contribution is -2.32. The summed E-state index contributed by atoms with van der Waals surface area (Å²) >= 11 is 3.20. The van der Waals surface area contributed by atoms with Gasteiger partial charge in [-0.05, 0) is 34.1 Å². The third-order valence-corrected chi connectivity index (χ3v) is 3.03. The lowest BCUT2D eigenvalue weighted by atomic mass is 10.1. The normalized spacial score (nSPS) is 14.8. The van der Waals surface area contributed by atoms with Crippen molar-refractivity contribution >= 4 is 39.1 Å². The second-order valence-electron chi connectivity index (χ2n) is 3.67. The van der Waals surface area contributed by atoms with Crippen molar-refractivity contribution in [3.8, 4) is 0 Å². The zero-order valence-corrected chi connectivity index (χ0v) is 10.8.